The second-order valence-electron chi connectivity index (χ2n) is 7.14. The van der Waals surface area contributed by atoms with E-state index in [4.69, 9.17) is 9.47 Å². The van der Waals surface area contributed by atoms with E-state index in [-0.39, 0.29) is 18.1 Å². The number of carbonyl (C=O) groups excluding carboxylic acids is 2. The molecule has 3 rings (SSSR count). The fraction of sp³-hybridized carbons (Fsp3) is 0.500. The molecule has 6 nitrogen and oxygen atoms in total. The first-order valence-electron chi connectivity index (χ1n) is 9.11. The molecule has 1 aliphatic carbocycles. The summed E-state index contributed by atoms with van der Waals surface area (Å²) < 4.78 is 11.0. The van der Waals surface area contributed by atoms with E-state index in [9.17, 15) is 9.59 Å². The molecule has 1 heterocycles. The van der Waals surface area contributed by atoms with Gasteiger partial charge in [0, 0.05) is 5.70 Å². The van der Waals surface area contributed by atoms with Crippen LogP contribution in [0.3, 0.4) is 0 Å². The highest BCUT2D eigenvalue weighted by Crippen LogP contribution is 2.31. The first-order chi connectivity index (χ1) is 12.5. The summed E-state index contributed by atoms with van der Waals surface area (Å²) in [5.74, 6) is 0.920. The minimum atomic E-state index is -0.539. The number of nitrogens with one attached hydrogen (secondary N) is 2. The van der Waals surface area contributed by atoms with Crippen molar-refractivity contribution in [2.75, 3.05) is 7.11 Å². The monoisotopic (exact) mass is 358 g/mol. The number of ether oxygens (including phenoxy) is 2. The van der Waals surface area contributed by atoms with Gasteiger partial charge in [-0.1, -0.05) is 25.5 Å². The molecule has 0 spiro atoms. The van der Waals surface area contributed by atoms with Gasteiger partial charge in [0.05, 0.1) is 18.7 Å². The second kappa shape index (κ2) is 7.81. The van der Waals surface area contributed by atoms with Crippen molar-refractivity contribution in [3.8, 4) is 5.75 Å². The lowest BCUT2D eigenvalue weighted by atomic mass is 9.88. The zero-order valence-corrected chi connectivity index (χ0v) is 15.5. The third-order valence-corrected chi connectivity index (χ3v) is 5.10. The van der Waals surface area contributed by atoms with Crippen LogP contribution < -0.4 is 15.4 Å². The van der Waals surface area contributed by atoms with Crippen LogP contribution in [0.1, 0.15) is 51.1 Å². The summed E-state index contributed by atoms with van der Waals surface area (Å²) in [7, 11) is 1.60. The van der Waals surface area contributed by atoms with Crippen LogP contribution in [-0.4, -0.2) is 25.2 Å². The van der Waals surface area contributed by atoms with Crippen LogP contribution in [0.15, 0.2) is 35.5 Å². The van der Waals surface area contributed by atoms with E-state index < -0.39 is 6.04 Å². The number of allylic oxidation sites excluding steroid dienone is 1. The molecule has 1 saturated carbocycles. The summed E-state index contributed by atoms with van der Waals surface area (Å²) in [5.41, 5.74) is 1.79. The lowest BCUT2D eigenvalue weighted by molar-refractivity contribution is -0.146. The molecule has 3 atom stereocenters. The molecule has 2 N–H and O–H groups in total. The summed E-state index contributed by atoms with van der Waals surface area (Å²) in [4.78, 5) is 24.8. The predicted molar refractivity (Wildman–Crippen MR) is 97.6 cm³/mol. The summed E-state index contributed by atoms with van der Waals surface area (Å²) in [6, 6.07) is 6.45. The van der Waals surface area contributed by atoms with Gasteiger partial charge in [0.25, 0.3) is 0 Å². The molecule has 0 aromatic heterocycles. The Morgan fingerprint density at radius 2 is 1.92 bits per heavy atom. The standard InChI is InChI=1S/C20H26N2O4/c1-12-5-4-6-16(11-12)26-19(23)17-13(2)21-20(24)22-18(17)14-7-9-15(25-3)10-8-14/h7-10,12,16,18H,4-6,11H2,1-3H3,(H2,21,22,24)/t12-,16+,18+/m0/s1. The van der Waals surface area contributed by atoms with Crippen molar-refractivity contribution in [2.45, 2.75) is 51.7 Å². The number of benzene rings is 1. The maximum Gasteiger partial charge on any atom is 0.338 e. The molecule has 1 aromatic carbocycles. The van der Waals surface area contributed by atoms with Gasteiger partial charge in [0.2, 0.25) is 0 Å². The Hall–Kier alpha value is -2.50. The maximum absolute atomic E-state index is 12.9. The van der Waals surface area contributed by atoms with E-state index in [0.717, 1.165) is 30.6 Å². The molecule has 0 saturated heterocycles. The average Bonchev–Trinajstić information content (AvgIpc) is 2.61. The molecular weight excluding hydrogens is 332 g/mol. The number of methoxy groups -OCH3 is 1. The van der Waals surface area contributed by atoms with Crippen molar-refractivity contribution in [1.82, 2.24) is 10.6 Å². The van der Waals surface area contributed by atoms with Crippen LogP contribution >= 0.6 is 0 Å². The quantitative estimate of drug-likeness (QED) is 0.808. The molecule has 2 aliphatic rings. The van der Waals surface area contributed by atoms with Crippen molar-refractivity contribution >= 4 is 12.0 Å². The smallest absolute Gasteiger partial charge is 0.338 e. The topological polar surface area (TPSA) is 76.7 Å². The van der Waals surface area contributed by atoms with E-state index in [1.807, 2.05) is 24.3 Å². The van der Waals surface area contributed by atoms with E-state index in [0.29, 0.717) is 17.2 Å². The molecule has 1 fully saturated rings. The van der Waals surface area contributed by atoms with E-state index in [1.165, 1.54) is 6.42 Å². The molecule has 1 aromatic rings. The number of hydrogen-bond donors (Lipinski definition) is 2. The molecular formula is C20H26N2O4. The number of hydrogen-bond acceptors (Lipinski definition) is 4. The summed E-state index contributed by atoms with van der Waals surface area (Å²) in [6.07, 6.45) is 4.00. The fourth-order valence-corrected chi connectivity index (χ4v) is 3.71. The van der Waals surface area contributed by atoms with Crippen LogP contribution in [-0.2, 0) is 9.53 Å². The van der Waals surface area contributed by atoms with E-state index in [1.54, 1.807) is 14.0 Å². The van der Waals surface area contributed by atoms with Gasteiger partial charge < -0.3 is 20.1 Å². The maximum atomic E-state index is 12.9. The number of urea groups is 1. The molecule has 140 valence electrons. The summed E-state index contributed by atoms with van der Waals surface area (Å²) in [5, 5.41) is 5.51. The number of carbonyl (C=O) groups is 2. The largest absolute Gasteiger partial charge is 0.497 e. The molecule has 0 radical (unpaired) electrons. The SMILES string of the molecule is COc1ccc([C@H]2NC(=O)NC(C)=C2C(=O)O[C@@H]2CCC[C@H](C)C2)cc1. The molecule has 6 heteroatoms. The number of rotatable bonds is 4. The van der Waals surface area contributed by atoms with Crippen LogP contribution in [0.4, 0.5) is 4.79 Å². The molecule has 26 heavy (non-hydrogen) atoms. The number of esters is 1. The average molecular weight is 358 g/mol. The van der Waals surface area contributed by atoms with Crippen molar-refractivity contribution < 1.29 is 19.1 Å². The third-order valence-electron chi connectivity index (χ3n) is 5.10. The summed E-state index contributed by atoms with van der Waals surface area (Å²) >= 11 is 0. The van der Waals surface area contributed by atoms with Gasteiger partial charge in [0.1, 0.15) is 11.9 Å². The van der Waals surface area contributed by atoms with Gasteiger partial charge in [-0.3, -0.25) is 0 Å². The van der Waals surface area contributed by atoms with Crippen LogP contribution in [0.5, 0.6) is 5.75 Å². The van der Waals surface area contributed by atoms with Crippen LogP contribution in [0, 0.1) is 5.92 Å². The molecule has 0 unspecified atom stereocenters. The van der Waals surface area contributed by atoms with Crippen LogP contribution in [0.2, 0.25) is 0 Å². The van der Waals surface area contributed by atoms with E-state index >= 15 is 0 Å². The Labute approximate surface area is 153 Å². The minimum absolute atomic E-state index is 0.0549. The Balaban J connectivity index is 1.83. The summed E-state index contributed by atoms with van der Waals surface area (Å²) in [6.45, 7) is 3.92. The van der Waals surface area contributed by atoms with Crippen molar-refractivity contribution in [2.24, 2.45) is 5.92 Å². The van der Waals surface area contributed by atoms with Crippen molar-refractivity contribution in [3.63, 3.8) is 0 Å². The zero-order valence-electron chi connectivity index (χ0n) is 15.5. The molecule has 0 bridgehead atoms. The second-order valence-corrected chi connectivity index (χ2v) is 7.14. The lowest BCUT2D eigenvalue weighted by Gasteiger charge is -2.31. The highest BCUT2D eigenvalue weighted by molar-refractivity contribution is 5.95. The van der Waals surface area contributed by atoms with Gasteiger partial charge in [-0.05, 0) is 49.8 Å². The Morgan fingerprint density at radius 3 is 2.58 bits per heavy atom. The zero-order chi connectivity index (χ0) is 18.7. The van der Waals surface area contributed by atoms with Crippen molar-refractivity contribution in [3.05, 3.63) is 41.1 Å². The molecule has 2 amide bonds. The van der Waals surface area contributed by atoms with Crippen molar-refractivity contribution in [1.29, 1.82) is 0 Å². The van der Waals surface area contributed by atoms with Gasteiger partial charge >= 0.3 is 12.0 Å². The number of amides is 2. The fourth-order valence-electron chi connectivity index (χ4n) is 3.71. The first kappa shape index (κ1) is 18.3. The highest BCUT2D eigenvalue weighted by atomic mass is 16.5. The highest BCUT2D eigenvalue weighted by Gasteiger charge is 2.34. The predicted octanol–water partition coefficient (Wildman–Crippen LogP) is 3.45. The minimum Gasteiger partial charge on any atom is -0.497 e. The normalized spacial score (nSPS) is 26.0. The van der Waals surface area contributed by atoms with E-state index in [2.05, 4.69) is 17.6 Å². The lowest BCUT2D eigenvalue weighted by Crippen LogP contribution is -2.45. The third kappa shape index (κ3) is 4.00. The van der Waals surface area contributed by atoms with Gasteiger partial charge in [-0.2, -0.15) is 0 Å². The van der Waals surface area contributed by atoms with Gasteiger partial charge in [0.15, 0.2) is 0 Å². The molecule has 1 aliphatic heterocycles. The van der Waals surface area contributed by atoms with Gasteiger partial charge in [-0.25, -0.2) is 9.59 Å². The first-order valence-corrected chi connectivity index (χ1v) is 9.11. The Morgan fingerprint density at radius 1 is 1.19 bits per heavy atom. The Kier molecular flexibility index (Phi) is 5.49. The Bertz CT molecular complexity index is 711. The van der Waals surface area contributed by atoms with Crippen LogP contribution in [0.25, 0.3) is 0 Å². The van der Waals surface area contributed by atoms with Gasteiger partial charge in [-0.15, -0.1) is 0 Å².